The summed E-state index contributed by atoms with van der Waals surface area (Å²) in [5.41, 5.74) is 1.60. The van der Waals surface area contributed by atoms with E-state index < -0.39 is 27.2 Å². The first-order valence-electron chi connectivity index (χ1n) is 15.7. The number of aromatic nitrogens is 1. The van der Waals surface area contributed by atoms with Gasteiger partial charge in [-0.05, 0) is 86.8 Å². The Kier molecular flexibility index (Phi) is 9.90. The molecule has 1 aliphatic carbocycles. The first-order chi connectivity index (χ1) is 21.2. The normalized spacial score (nSPS) is 22.6. The van der Waals surface area contributed by atoms with E-state index in [1.807, 2.05) is 37.9 Å². The Balaban J connectivity index is 1.41. The van der Waals surface area contributed by atoms with Gasteiger partial charge in [0.25, 0.3) is 0 Å². The van der Waals surface area contributed by atoms with Gasteiger partial charge in [0.15, 0.2) is 0 Å². The maximum absolute atomic E-state index is 13.8. The molecule has 0 radical (unpaired) electrons. The van der Waals surface area contributed by atoms with Crippen molar-refractivity contribution in [3.05, 3.63) is 40.0 Å². The van der Waals surface area contributed by atoms with Crippen molar-refractivity contribution in [2.75, 3.05) is 72.7 Å². The van der Waals surface area contributed by atoms with E-state index in [0.29, 0.717) is 55.9 Å². The molecule has 0 unspecified atom stereocenters. The van der Waals surface area contributed by atoms with Crippen LogP contribution >= 0.6 is 15.9 Å². The first kappa shape index (κ1) is 34.1. The minimum atomic E-state index is -4.36. The molecule has 248 valence electrons. The van der Waals surface area contributed by atoms with Gasteiger partial charge < -0.3 is 14.4 Å². The quantitative estimate of drug-likeness (QED) is 0.324. The highest BCUT2D eigenvalue weighted by atomic mass is 79.9. The number of carbonyl (C=O) groups excluding carboxylic acids is 2. The summed E-state index contributed by atoms with van der Waals surface area (Å²) >= 11 is 3.61. The zero-order valence-corrected chi connectivity index (χ0v) is 29.5. The van der Waals surface area contributed by atoms with Gasteiger partial charge in [-0.25, -0.2) is 3.97 Å². The van der Waals surface area contributed by atoms with Crippen LogP contribution in [0.4, 0.5) is 0 Å². The molecule has 0 bridgehead atoms. The molecule has 0 spiro atoms. The number of halogens is 1. The average molecular weight is 710 g/mol. The fraction of sp³-hybridized carbons (Fsp3) is 0.625. The molecule has 2 aromatic rings. The maximum atomic E-state index is 13.8. The molecular weight excluding hydrogens is 664 g/mol. The number of benzene rings is 1. The van der Waals surface area contributed by atoms with E-state index >= 15 is 0 Å². The second kappa shape index (κ2) is 13.1. The molecule has 3 aliphatic rings. The van der Waals surface area contributed by atoms with Gasteiger partial charge in [-0.3, -0.25) is 23.6 Å². The van der Waals surface area contributed by atoms with Crippen molar-refractivity contribution < 1.29 is 31.7 Å². The summed E-state index contributed by atoms with van der Waals surface area (Å²) in [7, 11) is -2.34. The Hall–Kier alpha value is -2.29. The topological polar surface area (TPSA) is 111 Å². The minimum Gasteiger partial charge on any atom is -0.464 e. The third-order valence-corrected chi connectivity index (χ3v) is 11.9. The van der Waals surface area contributed by atoms with E-state index in [1.165, 1.54) is 3.97 Å². The van der Waals surface area contributed by atoms with E-state index in [2.05, 4.69) is 38.7 Å². The molecule has 2 atom stereocenters. The third-order valence-electron chi connectivity index (χ3n) is 9.54. The number of rotatable bonds is 11. The van der Waals surface area contributed by atoms with Crippen LogP contribution in [0.3, 0.4) is 0 Å². The maximum Gasteiger partial charge on any atom is 0.367 e. The summed E-state index contributed by atoms with van der Waals surface area (Å²) in [4.78, 5) is 32.5. The lowest BCUT2D eigenvalue weighted by Crippen LogP contribution is -2.54. The Morgan fingerprint density at radius 1 is 1.18 bits per heavy atom. The highest BCUT2D eigenvalue weighted by molar-refractivity contribution is 9.10. The van der Waals surface area contributed by atoms with Gasteiger partial charge in [0.05, 0.1) is 36.7 Å². The molecule has 13 heteroatoms. The lowest BCUT2D eigenvalue weighted by molar-refractivity contribution is -0.156. The summed E-state index contributed by atoms with van der Waals surface area (Å²) < 4.78 is 45.6. The number of likely N-dealkylation sites (N-methyl/N-ethyl adjacent to an activating group) is 1. The molecule has 2 aliphatic heterocycles. The third kappa shape index (κ3) is 6.36. The van der Waals surface area contributed by atoms with Crippen molar-refractivity contribution in [1.82, 2.24) is 18.7 Å². The van der Waals surface area contributed by atoms with Crippen LogP contribution in [0.5, 0.6) is 0 Å². The minimum absolute atomic E-state index is 0.0938. The van der Waals surface area contributed by atoms with Crippen LogP contribution in [0.2, 0.25) is 0 Å². The largest absolute Gasteiger partial charge is 0.464 e. The summed E-state index contributed by atoms with van der Waals surface area (Å²) in [5.74, 6) is -0.733. The number of fused-ring (bicyclic) bond motifs is 2. The summed E-state index contributed by atoms with van der Waals surface area (Å²) in [6.45, 7) is 14.5. The molecule has 1 aromatic carbocycles. The molecule has 3 heterocycles. The number of hydrogen-bond donors (Lipinski definition) is 0. The Bertz CT molecular complexity index is 1590. The van der Waals surface area contributed by atoms with Gasteiger partial charge in [-0.15, -0.1) is 0 Å². The van der Waals surface area contributed by atoms with Crippen molar-refractivity contribution >= 4 is 54.6 Å². The smallest absolute Gasteiger partial charge is 0.367 e. The lowest BCUT2D eigenvalue weighted by Gasteiger charge is -2.48. The van der Waals surface area contributed by atoms with E-state index in [9.17, 15) is 18.0 Å². The molecule has 0 saturated carbocycles. The number of ether oxygens (including phenoxy) is 2. The zero-order valence-electron chi connectivity index (χ0n) is 27.1. The van der Waals surface area contributed by atoms with Crippen molar-refractivity contribution in [2.24, 2.45) is 11.3 Å². The summed E-state index contributed by atoms with van der Waals surface area (Å²) in [6.07, 6.45) is 2.63. The van der Waals surface area contributed by atoms with Crippen molar-refractivity contribution in [3.63, 3.8) is 0 Å². The second-order valence-corrected chi connectivity index (χ2v) is 15.2. The number of morpholine rings is 1. The first-order valence-corrected chi connectivity index (χ1v) is 17.8. The van der Waals surface area contributed by atoms with Gasteiger partial charge in [0.1, 0.15) is 11.2 Å². The number of carbonyl (C=O) groups is 2. The molecular formula is C32H45BrN4O7S. The van der Waals surface area contributed by atoms with Crippen LogP contribution in [0.25, 0.3) is 16.5 Å². The van der Waals surface area contributed by atoms with Crippen molar-refractivity contribution in [2.45, 2.75) is 46.6 Å². The molecule has 11 nitrogen and oxygen atoms in total. The molecule has 5 rings (SSSR count). The number of amides is 1. The van der Waals surface area contributed by atoms with Gasteiger partial charge in [-0.2, -0.15) is 8.42 Å². The van der Waals surface area contributed by atoms with Crippen molar-refractivity contribution in [1.29, 1.82) is 0 Å². The fourth-order valence-corrected chi connectivity index (χ4v) is 8.90. The predicted octanol–water partition coefficient (Wildman–Crippen LogP) is 3.54. The van der Waals surface area contributed by atoms with E-state index in [4.69, 9.17) is 13.7 Å². The number of hydrogen-bond acceptors (Lipinski definition) is 9. The lowest BCUT2D eigenvalue weighted by atomic mass is 9.71. The number of nitrogens with zero attached hydrogens (tertiary/aromatic N) is 4. The van der Waals surface area contributed by atoms with Gasteiger partial charge >= 0.3 is 16.3 Å². The van der Waals surface area contributed by atoms with Crippen LogP contribution in [0, 0.1) is 11.3 Å². The van der Waals surface area contributed by atoms with Crippen LogP contribution in [-0.2, 0) is 40.0 Å². The van der Waals surface area contributed by atoms with E-state index in [0.717, 1.165) is 35.2 Å². The molecule has 1 fully saturated rings. The SMILES string of the molecule is CCN(CC)C(=O)[C@@H]1C=C2c3cccc4c3c(c(Br)n4S(=O)(=O)OCC(C)(C)C(=O)OCCN3CCOCC3)C[C@@]2(C)N(C)C1. The predicted molar refractivity (Wildman–Crippen MR) is 176 cm³/mol. The van der Waals surface area contributed by atoms with Gasteiger partial charge in [0, 0.05) is 50.2 Å². The highest BCUT2D eigenvalue weighted by Gasteiger charge is 2.46. The Morgan fingerprint density at radius 2 is 1.87 bits per heavy atom. The van der Waals surface area contributed by atoms with E-state index in [-0.39, 0.29) is 25.0 Å². The summed E-state index contributed by atoms with van der Waals surface area (Å²) in [5, 5.41) is 0.811. The van der Waals surface area contributed by atoms with Gasteiger partial charge in [-0.1, -0.05) is 18.2 Å². The second-order valence-electron chi connectivity index (χ2n) is 13.0. The van der Waals surface area contributed by atoms with Crippen LogP contribution in [0.1, 0.15) is 45.7 Å². The molecule has 1 aromatic heterocycles. The Morgan fingerprint density at radius 3 is 2.53 bits per heavy atom. The Labute approximate surface area is 274 Å². The van der Waals surface area contributed by atoms with Crippen LogP contribution in [0.15, 0.2) is 28.9 Å². The zero-order chi connectivity index (χ0) is 32.7. The van der Waals surface area contributed by atoms with E-state index in [1.54, 1.807) is 19.9 Å². The van der Waals surface area contributed by atoms with Gasteiger partial charge in [0.2, 0.25) is 5.91 Å². The molecule has 45 heavy (non-hydrogen) atoms. The standard InChI is InChI=1S/C32H45BrN4O7S/c1-7-36(8-2)29(38)22-18-25-23-10-9-11-26-27(23)24(19-32(25,5)34(6)20-22)28(33)37(26)45(40,41)44-21-31(3,4)30(39)43-17-14-35-12-15-42-16-13-35/h9-11,18,22H,7-8,12-17,19-21H2,1-6H3/t22-,32-/m1/s1. The highest BCUT2D eigenvalue weighted by Crippen LogP contribution is 2.50. The monoisotopic (exact) mass is 708 g/mol. The molecule has 1 saturated heterocycles. The van der Waals surface area contributed by atoms with Crippen molar-refractivity contribution in [3.8, 4) is 0 Å². The molecule has 0 N–H and O–H groups in total. The average Bonchev–Trinajstić information content (AvgIpc) is 3.30. The van der Waals surface area contributed by atoms with Crippen LogP contribution in [-0.4, -0.2) is 117 Å². The fourth-order valence-electron chi connectivity index (χ4n) is 6.59. The summed E-state index contributed by atoms with van der Waals surface area (Å²) in [6, 6.07) is 5.58. The molecule has 1 amide bonds. The van der Waals surface area contributed by atoms with Crippen LogP contribution < -0.4 is 0 Å². The number of esters is 1.